The number of nitrogens with one attached hydrogen (secondary N) is 1. The van der Waals surface area contributed by atoms with Crippen molar-refractivity contribution >= 4 is 64.0 Å². The summed E-state index contributed by atoms with van der Waals surface area (Å²) in [5, 5.41) is 15.6. The summed E-state index contributed by atoms with van der Waals surface area (Å²) >= 11 is 2.22. The number of ether oxygens (including phenoxy) is 4. The van der Waals surface area contributed by atoms with Gasteiger partial charge in [-0.2, -0.15) is 0 Å². The zero-order valence-electron chi connectivity index (χ0n) is 22.1. The molecular formula is C22H28N6O10S2. The number of hydrogen-bond acceptors (Lipinski definition) is 15. The number of carbonyl (C=O) groups is 5. The van der Waals surface area contributed by atoms with Gasteiger partial charge in [-0.05, 0) is 13.8 Å². The van der Waals surface area contributed by atoms with Gasteiger partial charge in [-0.1, -0.05) is 5.16 Å². The minimum Gasteiger partial charge on any atom is -0.445 e. The summed E-state index contributed by atoms with van der Waals surface area (Å²) in [6, 6.07) is -1.10. The molecule has 3 atom stereocenters. The molecule has 2 unspecified atom stereocenters. The summed E-state index contributed by atoms with van der Waals surface area (Å²) in [4.78, 5) is 69.1. The first kappa shape index (κ1) is 30.5. The highest BCUT2D eigenvalue weighted by molar-refractivity contribution is 8.00. The van der Waals surface area contributed by atoms with Crippen LogP contribution in [0.25, 0.3) is 0 Å². The van der Waals surface area contributed by atoms with Crippen LogP contribution in [0.2, 0.25) is 0 Å². The van der Waals surface area contributed by atoms with Gasteiger partial charge in [0.05, 0.1) is 6.10 Å². The molecule has 2 aliphatic rings. The predicted octanol–water partition coefficient (Wildman–Crippen LogP) is 0.707. The van der Waals surface area contributed by atoms with Crippen molar-refractivity contribution in [3.05, 3.63) is 22.3 Å². The second-order valence-corrected chi connectivity index (χ2v) is 10.8. The van der Waals surface area contributed by atoms with Crippen molar-refractivity contribution in [1.29, 1.82) is 0 Å². The van der Waals surface area contributed by atoms with Crippen LogP contribution in [0.5, 0.6) is 0 Å². The van der Waals surface area contributed by atoms with E-state index >= 15 is 0 Å². The Morgan fingerprint density at radius 3 is 2.52 bits per heavy atom. The van der Waals surface area contributed by atoms with Crippen LogP contribution in [0.1, 0.15) is 26.5 Å². The molecule has 0 aromatic carbocycles. The van der Waals surface area contributed by atoms with E-state index in [1.165, 1.54) is 43.1 Å². The Balaban J connectivity index is 1.79. The summed E-state index contributed by atoms with van der Waals surface area (Å²) in [5.41, 5.74) is 5.17. The van der Waals surface area contributed by atoms with Crippen molar-refractivity contribution < 1.29 is 48.1 Å². The number of thiazole rings is 1. The fourth-order valence-corrected chi connectivity index (χ4v) is 5.34. The van der Waals surface area contributed by atoms with Gasteiger partial charge in [0, 0.05) is 37.7 Å². The smallest absolute Gasteiger partial charge is 0.445 e. The molecule has 0 bridgehead atoms. The number of carbonyl (C=O) groups excluding carboxylic acids is 5. The minimum absolute atomic E-state index is 0.0153. The number of thioether (sulfide) groups is 1. The molecule has 4 N–H and O–H groups in total. The highest BCUT2D eigenvalue weighted by Crippen LogP contribution is 2.41. The SMILES string of the molecule is CC(C)OC(=O)OC(C)OC(=O)C1=C(COC(=O)N(C)C)CS[C@H]2C(NC(=O)/C(=N\O)c3csc(N)n3)C(=O)N12. The van der Waals surface area contributed by atoms with Crippen LogP contribution < -0.4 is 11.1 Å². The lowest BCUT2D eigenvalue weighted by Gasteiger charge is -2.49. The molecule has 0 saturated carbocycles. The van der Waals surface area contributed by atoms with E-state index in [0.717, 1.165) is 16.2 Å². The number of amides is 3. The van der Waals surface area contributed by atoms with Gasteiger partial charge < -0.3 is 40.1 Å². The quantitative estimate of drug-likeness (QED) is 0.0678. The first-order valence-corrected chi connectivity index (χ1v) is 13.6. The van der Waals surface area contributed by atoms with Crippen LogP contribution in [0, 0.1) is 0 Å². The highest BCUT2D eigenvalue weighted by atomic mass is 32.2. The third kappa shape index (κ3) is 6.92. The number of hydrogen-bond donors (Lipinski definition) is 3. The first-order valence-electron chi connectivity index (χ1n) is 11.7. The first-order chi connectivity index (χ1) is 18.8. The Morgan fingerprint density at radius 1 is 1.25 bits per heavy atom. The van der Waals surface area contributed by atoms with E-state index in [2.05, 4.69) is 15.5 Å². The molecule has 3 amide bonds. The third-order valence-electron chi connectivity index (χ3n) is 5.21. The zero-order chi connectivity index (χ0) is 29.7. The van der Waals surface area contributed by atoms with E-state index in [9.17, 15) is 29.2 Å². The lowest BCUT2D eigenvalue weighted by atomic mass is 10.0. The van der Waals surface area contributed by atoms with E-state index < -0.39 is 59.6 Å². The fraction of sp³-hybridized carbons (Fsp3) is 0.500. The Kier molecular flexibility index (Phi) is 9.80. The minimum atomic E-state index is -1.38. The Labute approximate surface area is 236 Å². The predicted molar refractivity (Wildman–Crippen MR) is 140 cm³/mol. The third-order valence-corrected chi connectivity index (χ3v) is 7.22. The van der Waals surface area contributed by atoms with Crippen molar-refractivity contribution in [2.75, 3.05) is 32.2 Å². The number of fused-ring (bicyclic) bond motifs is 1. The lowest BCUT2D eigenvalue weighted by molar-refractivity contribution is -0.169. The summed E-state index contributed by atoms with van der Waals surface area (Å²) in [5.74, 6) is -2.48. The maximum atomic E-state index is 13.2. The van der Waals surface area contributed by atoms with Crippen molar-refractivity contribution in [2.45, 2.75) is 44.6 Å². The summed E-state index contributed by atoms with van der Waals surface area (Å²) in [7, 11) is 2.95. The van der Waals surface area contributed by atoms with E-state index in [0.29, 0.717) is 0 Å². The van der Waals surface area contributed by atoms with Crippen LogP contribution in [0.15, 0.2) is 21.8 Å². The van der Waals surface area contributed by atoms with Crippen molar-refractivity contribution in [3.63, 3.8) is 0 Å². The molecule has 1 aromatic heterocycles. The van der Waals surface area contributed by atoms with Crippen LogP contribution >= 0.6 is 23.1 Å². The molecule has 218 valence electrons. The molecule has 1 saturated heterocycles. The number of aromatic nitrogens is 1. The molecule has 0 spiro atoms. The molecule has 18 heteroatoms. The van der Waals surface area contributed by atoms with Gasteiger partial charge in [0.1, 0.15) is 29.4 Å². The van der Waals surface area contributed by atoms with Crippen LogP contribution in [-0.4, -0.2) is 106 Å². The van der Waals surface area contributed by atoms with Crippen LogP contribution in [0.4, 0.5) is 14.7 Å². The Hall–Kier alpha value is -4.06. The van der Waals surface area contributed by atoms with E-state index in [1.54, 1.807) is 13.8 Å². The maximum absolute atomic E-state index is 13.2. The monoisotopic (exact) mass is 600 g/mol. The normalized spacial score (nSPS) is 19.3. The maximum Gasteiger partial charge on any atom is 0.511 e. The number of nitrogens with two attached hydrogens (primary N) is 1. The average molecular weight is 601 g/mol. The number of oxime groups is 1. The Bertz CT molecular complexity index is 1250. The zero-order valence-corrected chi connectivity index (χ0v) is 23.7. The largest absolute Gasteiger partial charge is 0.511 e. The molecular weight excluding hydrogens is 572 g/mol. The summed E-state index contributed by atoms with van der Waals surface area (Å²) in [6.07, 6.45) is -3.60. The molecule has 40 heavy (non-hydrogen) atoms. The molecule has 3 rings (SSSR count). The summed E-state index contributed by atoms with van der Waals surface area (Å²) < 4.78 is 20.2. The van der Waals surface area contributed by atoms with Gasteiger partial charge in [0.2, 0.25) is 6.29 Å². The molecule has 0 radical (unpaired) electrons. The lowest BCUT2D eigenvalue weighted by Crippen LogP contribution is -2.71. The second-order valence-electron chi connectivity index (χ2n) is 8.79. The molecule has 3 heterocycles. The van der Waals surface area contributed by atoms with Crippen molar-refractivity contribution in [2.24, 2.45) is 5.16 Å². The molecule has 16 nitrogen and oxygen atoms in total. The number of nitrogen functional groups attached to an aromatic ring is 1. The van der Waals surface area contributed by atoms with Gasteiger partial charge in [-0.3, -0.25) is 14.5 Å². The number of β-lactam (4-membered cyclic amide) rings is 1. The average Bonchev–Trinajstić information content (AvgIpc) is 3.30. The highest BCUT2D eigenvalue weighted by Gasteiger charge is 2.55. The van der Waals surface area contributed by atoms with Crippen molar-refractivity contribution in [1.82, 2.24) is 20.1 Å². The second kappa shape index (κ2) is 12.9. The number of anilines is 1. The van der Waals surface area contributed by atoms with Crippen LogP contribution in [-0.2, 0) is 33.3 Å². The van der Waals surface area contributed by atoms with E-state index in [1.807, 2.05) is 0 Å². The van der Waals surface area contributed by atoms with Gasteiger partial charge in [-0.25, -0.2) is 19.4 Å². The molecule has 1 aromatic rings. The van der Waals surface area contributed by atoms with E-state index in [4.69, 9.17) is 24.7 Å². The standard InChI is InChI=1S/C22H28N6O10S2/c1-9(2)36-22(33)38-10(3)37-19(31)15-11(6-35-21(32)27(4)5)7-39-18-14(17(30)28(15)18)25-16(29)13(26-34)12-8-40-20(23)24-12/h8-10,14,18,34H,6-7H2,1-5H3,(H2,23,24)(H,25,29)/b26-13-/t10?,14?,18-/m0/s1. The van der Waals surface area contributed by atoms with Gasteiger partial charge in [-0.15, -0.1) is 23.1 Å². The number of esters is 1. The van der Waals surface area contributed by atoms with Gasteiger partial charge >= 0.3 is 18.2 Å². The number of rotatable bonds is 9. The van der Waals surface area contributed by atoms with Crippen molar-refractivity contribution in [3.8, 4) is 0 Å². The van der Waals surface area contributed by atoms with Gasteiger partial charge in [0.25, 0.3) is 11.8 Å². The van der Waals surface area contributed by atoms with E-state index in [-0.39, 0.29) is 34.5 Å². The molecule has 2 aliphatic heterocycles. The van der Waals surface area contributed by atoms with Gasteiger partial charge in [0.15, 0.2) is 10.8 Å². The Morgan fingerprint density at radius 2 is 1.95 bits per heavy atom. The summed E-state index contributed by atoms with van der Waals surface area (Å²) in [6.45, 7) is 4.16. The topological polar surface area (TPSA) is 212 Å². The molecule has 1 fully saturated rings. The number of nitrogens with zero attached hydrogens (tertiary/aromatic N) is 4. The van der Waals surface area contributed by atoms with Crippen LogP contribution in [0.3, 0.4) is 0 Å². The fourth-order valence-electron chi connectivity index (χ4n) is 3.47. The molecule has 0 aliphatic carbocycles.